The highest BCUT2D eigenvalue weighted by molar-refractivity contribution is 5.83. The maximum atomic E-state index is 12.3. The van der Waals surface area contributed by atoms with Crippen molar-refractivity contribution in [3.63, 3.8) is 0 Å². The average Bonchev–Trinajstić information content (AvgIpc) is 2.74. The van der Waals surface area contributed by atoms with Gasteiger partial charge >= 0.3 is 0 Å². The Morgan fingerprint density at radius 2 is 2.00 bits per heavy atom. The summed E-state index contributed by atoms with van der Waals surface area (Å²) in [5.41, 5.74) is 4.60. The number of ether oxygens (including phenoxy) is 1. The monoisotopic (exact) mass is 396 g/mol. The fourth-order valence-electron chi connectivity index (χ4n) is 3.32. The zero-order valence-corrected chi connectivity index (χ0v) is 16.3. The molecule has 8 heteroatoms. The zero-order chi connectivity index (χ0) is 20.6. The molecular weight excluding hydrogens is 372 g/mol. The Bertz CT molecular complexity index is 875. The lowest BCUT2D eigenvalue weighted by Crippen LogP contribution is -2.39. The van der Waals surface area contributed by atoms with Gasteiger partial charge in [-0.1, -0.05) is 24.3 Å². The predicted molar refractivity (Wildman–Crippen MR) is 110 cm³/mol. The van der Waals surface area contributed by atoms with E-state index < -0.39 is 4.92 Å². The molecule has 152 valence electrons. The van der Waals surface area contributed by atoms with E-state index in [-0.39, 0.29) is 17.5 Å². The van der Waals surface area contributed by atoms with Crippen LogP contribution in [0.5, 0.6) is 5.75 Å². The van der Waals surface area contributed by atoms with Crippen molar-refractivity contribution in [1.29, 1.82) is 0 Å². The molecule has 0 spiro atoms. The van der Waals surface area contributed by atoms with E-state index in [1.165, 1.54) is 12.1 Å². The van der Waals surface area contributed by atoms with Gasteiger partial charge in [-0.05, 0) is 49.2 Å². The lowest BCUT2D eigenvalue weighted by atomic mass is 9.96. The van der Waals surface area contributed by atoms with Gasteiger partial charge in [-0.2, -0.15) is 5.10 Å². The molecule has 2 aromatic carbocycles. The second kappa shape index (κ2) is 9.79. The van der Waals surface area contributed by atoms with Crippen LogP contribution < -0.4 is 10.2 Å². The molecule has 3 rings (SSSR count). The van der Waals surface area contributed by atoms with Crippen molar-refractivity contribution in [3.05, 3.63) is 69.8 Å². The highest BCUT2D eigenvalue weighted by atomic mass is 16.6. The van der Waals surface area contributed by atoms with E-state index in [9.17, 15) is 14.9 Å². The third-order valence-electron chi connectivity index (χ3n) is 4.99. The SMILES string of the molecule is COc1cccc(/C=N\NC(=O)C2CCN(Cc3ccc([N+](=O)[O-])cc3)CC2)c1. The van der Waals surface area contributed by atoms with Crippen molar-refractivity contribution in [1.82, 2.24) is 10.3 Å². The van der Waals surface area contributed by atoms with Crippen molar-refractivity contribution in [3.8, 4) is 5.75 Å². The molecule has 0 atom stereocenters. The lowest BCUT2D eigenvalue weighted by molar-refractivity contribution is -0.384. The van der Waals surface area contributed by atoms with Gasteiger partial charge in [0.2, 0.25) is 5.91 Å². The van der Waals surface area contributed by atoms with E-state index in [0.717, 1.165) is 49.4 Å². The number of carbonyl (C=O) groups excluding carboxylic acids is 1. The number of hydrogen-bond acceptors (Lipinski definition) is 6. The molecule has 8 nitrogen and oxygen atoms in total. The van der Waals surface area contributed by atoms with Crippen molar-refractivity contribution >= 4 is 17.8 Å². The molecule has 1 amide bonds. The van der Waals surface area contributed by atoms with Gasteiger partial charge in [-0.15, -0.1) is 0 Å². The van der Waals surface area contributed by atoms with Crippen molar-refractivity contribution in [2.24, 2.45) is 11.0 Å². The van der Waals surface area contributed by atoms with Crippen LogP contribution in [0.1, 0.15) is 24.0 Å². The summed E-state index contributed by atoms with van der Waals surface area (Å²) >= 11 is 0. The first-order chi connectivity index (χ1) is 14.0. The standard InChI is InChI=1S/C21H24N4O4/c1-29-20-4-2-3-17(13-20)14-22-23-21(26)18-9-11-24(12-10-18)15-16-5-7-19(8-6-16)25(27)28/h2-8,13-14,18H,9-12,15H2,1H3,(H,23,26)/b22-14-. The summed E-state index contributed by atoms with van der Waals surface area (Å²) in [5.74, 6) is 0.602. The van der Waals surface area contributed by atoms with E-state index in [0.29, 0.717) is 0 Å². The molecule has 1 saturated heterocycles. The smallest absolute Gasteiger partial charge is 0.269 e. The Morgan fingerprint density at radius 1 is 1.28 bits per heavy atom. The number of nitro groups is 1. The largest absolute Gasteiger partial charge is 0.497 e. The van der Waals surface area contributed by atoms with Crippen LogP contribution in [0.15, 0.2) is 53.6 Å². The number of nitro benzene ring substituents is 1. The molecule has 29 heavy (non-hydrogen) atoms. The number of benzene rings is 2. The summed E-state index contributed by atoms with van der Waals surface area (Å²) in [6.07, 6.45) is 3.12. The summed E-state index contributed by atoms with van der Waals surface area (Å²) in [6.45, 7) is 2.32. The second-order valence-corrected chi connectivity index (χ2v) is 6.98. The molecule has 1 N–H and O–H groups in total. The van der Waals surface area contributed by atoms with Gasteiger partial charge in [0.1, 0.15) is 5.75 Å². The summed E-state index contributed by atoms with van der Waals surface area (Å²) in [6, 6.07) is 14.0. The van der Waals surface area contributed by atoms with E-state index >= 15 is 0 Å². The van der Waals surface area contributed by atoms with Crippen molar-refractivity contribution in [2.75, 3.05) is 20.2 Å². The van der Waals surface area contributed by atoms with Crippen LogP contribution in [0.25, 0.3) is 0 Å². The molecule has 0 aromatic heterocycles. The van der Waals surface area contributed by atoms with Crippen molar-refractivity contribution in [2.45, 2.75) is 19.4 Å². The molecule has 0 unspecified atom stereocenters. The number of nitrogens with one attached hydrogen (secondary N) is 1. The first-order valence-corrected chi connectivity index (χ1v) is 9.48. The molecule has 1 aliphatic rings. The first kappa shape index (κ1) is 20.5. The maximum Gasteiger partial charge on any atom is 0.269 e. The van der Waals surface area contributed by atoms with E-state index in [1.807, 2.05) is 24.3 Å². The molecule has 0 radical (unpaired) electrons. The molecule has 2 aromatic rings. The van der Waals surface area contributed by atoms with Gasteiger partial charge in [0.25, 0.3) is 5.69 Å². The Labute approximate surface area is 169 Å². The molecular formula is C21H24N4O4. The van der Waals surface area contributed by atoms with Crippen LogP contribution >= 0.6 is 0 Å². The number of rotatable bonds is 7. The fourth-order valence-corrected chi connectivity index (χ4v) is 3.32. The fraction of sp³-hybridized carbons (Fsp3) is 0.333. The predicted octanol–water partition coefficient (Wildman–Crippen LogP) is 2.97. The highest BCUT2D eigenvalue weighted by Gasteiger charge is 2.24. The summed E-state index contributed by atoms with van der Waals surface area (Å²) < 4.78 is 5.16. The normalized spacial score (nSPS) is 15.3. The number of amides is 1. The number of hydrazone groups is 1. The molecule has 1 aliphatic heterocycles. The van der Waals surface area contributed by atoms with Crippen LogP contribution in [-0.4, -0.2) is 42.1 Å². The van der Waals surface area contributed by atoms with Gasteiger partial charge in [0.05, 0.1) is 18.2 Å². The third kappa shape index (κ3) is 5.86. The second-order valence-electron chi connectivity index (χ2n) is 6.98. The molecule has 1 fully saturated rings. The minimum absolute atomic E-state index is 0.0643. The number of hydrogen-bond donors (Lipinski definition) is 1. The molecule has 1 heterocycles. The van der Waals surface area contributed by atoms with Crippen LogP contribution in [0.4, 0.5) is 5.69 Å². The number of methoxy groups -OCH3 is 1. The lowest BCUT2D eigenvalue weighted by Gasteiger charge is -2.30. The maximum absolute atomic E-state index is 12.3. The quantitative estimate of drug-likeness (QED) is 0.441. The summed E-state index contributed by atoms with van der Waals surface area (Å²) in [7, 11) is 1.60. The Balaban J connectivity index is 1.44. The molecule has 0 aliphatic carbocycles. The zero-order valence-electron chi connectivity index (χ0n) is 16.3. The van der Waals surface area contributed by atoms with Crippen molar-refractivity contribution < 1.29 is 14.5 Å². The molecule has 0 bridgehead atoms. The number of non-ortho nitro benzene ring substituents is 1. The van der Waals surface area contributed by atoms with Crippen LogP contribution in [0, 0.1) is 16.0 Å². The average molecular weight is 396 g/mol. The number of likely N-dealkylation sites (tertiary alicyclic amines) is 1. The van der Waals surface area contributed by atoms with Gasteiger partial charge in [-0.3, -0.25) is 19.8 Å². The van der Waals surface area contributed by atoms with Crippen LogP contribution in [0.3, 0.4) is 0 Å². The van der Waals surface area contributed by atoms with Crippen LogP contribution in [-0.2, 0) is 11.3 Å². The topological polar surface area (TPSA) is 97.1 Å². The number of nitrogens with zero attached hydrogens (tertiary/aromatic N) is 3. The van der Waals surface area contributed by atoms with Crippen LogP contribution in [0.2, 0.25) is 0 Å². The minimum atomic E-state index is -0.398. The molecule has 0 saturated carbocycles. The Kier molecular flexibility index (Phi) is 6.91. The van der Waals surface area contributed by atoms with Gasteiger partial charge in [0, 0.05) is 24.6 Å². The Morgan fingerprint density at radius 3 is 2.66 bits per heavy atom. The van der Waals surface area contributed by atoms with Gasteiger partial charge in [0.15, 0.2) is 0 Å². The third-order valence-corrected chi connectivity index (χ3v) is 4.99. The first-order valence-electron chi connectivity index (χ1n) is 9.48. The Hall–Kier alpha value is -3.26. The van der Waals surface area contributed by atoms with E-state index in [2.05, 4.69) is 15.4 Å². The number of piperidine rings is 1. The minimum Gasteiger partial charge on any atom is -0.497 e. The number of carbonyl (C=O) groups is 1. The van der Waals surface area contributed by atoms with Gasteiger partial charge in [-0.25, -0.2) is 5.43 Å². The van der Waals surface area contributed by atoms with E-state index in [4.69, 9.17) is 4.74 Å². The van der Waals surface area contributed by atoms with E-state index in [1.54, 1.807) is 25.5 Å². The summed E-state index contributed by atoms with van der Waals surface area (Å²) in [5, 5.41) is 14.8. The van der Waals surface area contributed by atoms with Gasteiger partial charge < -0.3 is 4.74 Å². The summed E-state index contributed by atoms with van der Waals surface area (Å²) in [4.78, 5) is 24.9. The highest BCUT2D eigenvalue weighted by Crippen LogP contribution is 2.20.